The van der Waals surface area contributed by atoms with E-state index in [-0.39, 0.29) is 23.9 Å². The van der Waals surface area contributed by atoms with Crippen LogP contribution in [0.3, 0.4) is 0 Å². The molecule has 0 radical (unpaired) electrons. The van der Waals surface area contributed by atoms with Crippen LogP contribution in [0.5, 0.6) is 0 Å². The van der Waals surface area contributed by atoms with Crippen LogP contribution in [0.4, 0.5) is 0 Å². The fraction of sp³-hybridized carbons (Fsp3) is 0.346. The van der Waals surface area contributed by atoms with E-state index >= 15 is 0 Å². The Kier molecular flexibility index (Phi) is 10.5. The van der Waals surface area contributed by atoms with Gasteiger partial charge in [-0.3, -0.25) is 4.79 Å². The highest BCUT2D eigenvalue weighted by atomic mass is 32.2. The Bertz CT molecular complexity index is 1290. The van der Waals surface area contributed by atoms with Crippen LogP contribution in [-0.2, 0) is 24.1 Å². The molecule has 0 spiro atoms. The van der Waals surface area contributed by atoms with Crippen LogP contribution >= 0.6 is 23.1 Å². The van der Waals surface area contributed by atoms with Crippen molar-refractivity contribution in [2.24, 2.45) is 0 Å². The van der Waals surface area contributed by atoms with Crippen LogP contribution in [0.2, 0.25) is 0 Å². The number of unbranched alkanes of at least 4 members (excludes halogenated alkanes) is 1. The molecule has 2 heterocycles. The molecule has 0 saturated carbocycles. The second kappa shape index (κ2) is 13.6. The van der Waals surface area contributed by atoms with Crippen LogP contribution < -0.4 is 0 Å². The highest BCUT2D eigenvalue weighted by molar-refractivity contribution is 8.00. The Labute approximate surface area is 220 Å². The van der Waals surface area contributed by atoms with Gasteiger partial charge in [0.2, 0.25) is 0 Å². The molecule has 0 fully saturated rings. The van der Waals surface area contributed by atoms with Crippen molar-refractivity contribution in [1.82, 2.24) is 4.98 Å². The first kappa shape index (κ1) is 27.9. The Morgan fingerprint density at radius 1 is 1.22 bits per heavy atom. The zero-order chi connectivity index (χ0) is 26.0. The van der Waals surface area contributed by atoms with Gasteiger partial charge in [0.25, 0.3) is 0 Å². The van der Waals surface area contributed by atoms with E-state index in [2.05, 4.69) is 11.1 Å². The van der Waals surface area contributed by atoms with Crippen molar-refractivity contribution >= 4 is 38.9 Å². The van der Waals surface area contributed by atoms with Crippen LogP contribution in [-0.4, -0.2) is 56.5 Å². The standard InChI is InChI=1S/C26H28N2O5S3/c1-3-4-13-36(30,31)18-20(16-32-2)33-25(29)17-35-26-22(15-27)21(19-9-6-5-7-10-19)14-23(28-26)24-11-8-12-34-24/h5-12,14,20H,3-4,13,16-18H2,1-2H3. The van der Waals surface area contributed by atoms with Crippen LogP contribution in [0.25, 0.3) is 21.7 Å². The third-order valence-corrected chi connectivity index (χ3v) is 8.81. The summed E-state index contributed by atoms with van der Waals surface area (Å²) in [5.74, 6) is -0.964. The highest BCUT2D eigenvalue weighted by Crippen LogP contribution is 2.35. The molecule has 7 nitrogen and oxygen atoms in total. The van der Waals surface area contributed by atoms with Crippen molar-refractivity contribution in [3.05, 3.63) is 59.5 Å². The lowest BCUT2D eigenvalue weighted by molar-refractivity contribution is -0.146. The van der Waals surface area contributed by atoms with E-state index in [1.165, 1.54) is 18.4 Å². The maximum absolute atomic E-state index is 12.7. The van der Waals surface area contributed by atoms with E-state index in [1.807, 2.05) is 60.8 Å². The molecule has 3 rings (SSSR count). The molecule has 0 aliphatic carbocycles. The maximum atomic E-state index is 12.7. The van der Waals surface area contributed by atoms with Gasteiger partial charge in [-0.15, -0.1) is 11.3 Å². The van der Waals surface area contributed by atoms with Crippen molar-refractivity contribution in [3.63, 3.8) is 0 Å². The monoisotopic (exact) mass is 544 g/mol. The molecule has 36 heavy (non-hydrogen) atoms. The summed E-state index contributed by atoms with van der Waals surface area (Å²) in [5.41, 5.74) is 2.68. The highest BCUT2D eigenvalue weighted by Gasteiger charge is 2.24. The van der Waals surface area contributed by atoms with Gasteiger partial charge in [-0.1, -0.05) is 61.5 Å². The third kappa shape index (κ3) is 7.90. The summed E-state index contributed by atoms with van der Waals surface area (Å²) in [6.07, 6.45) is 0.415. The molecule has 2 aromatic heterocycles. The molecule has 1 atom stereocenters. The predicted molar refractivity (Wildman–Crippen MR) is 144 cm³/mol. The first-order chi connectivity index (χ1) is 17.4. The number of esters is 1. The lowest BCUT2D eigenvalue weighted by Crippen LogP contribution is -2.32. The number of carbonyl (C=O) groups excluding carboxylic acids is 1. The third-order valence-electron chi connectivity index (χ3n) is 5.18. The van der Waals surface area contributed by atoms with E-state index in [0.717, 1.165) is 34.2 Å². The van der Waals surface area contributed by atoms with Crippen molar-refractivity contribution in [2.75, 3.05) is 31.0 Å². The van der Waals surface area contributed by atoms with Gasteiger partial charge in [0.1, 0.15) is 17.2 Å². The molecule has 0 saturated heterocycles. The van der Waals surface area contributed by atoms with E-state index in [1.54, 1.807) is 0 Å². The minimum atomic E-state index is -3.37. The maximum Gasteiger partial charge on any atom is 0.316 e. The number of sulfone groups is 1. The topological polar surface area (TPSA) is 106 Å². The first-order valence-electron chi connectivity index (χ1n) is 11.4. The SMILES string of the molecule is CCCCS(=O)(=O)CC(COC)OC(=O)CSc1nc(-c2cccs2)cc(-c2ccccc2)c1C#N. The Hall–Kier alpha value is -2.71. The number of methoxy groups -OCH3 is 1. The van der Waals surface area contributed by atoms with E-state index in [9.17, 15) is 18.5 Å². The van der Waals surface area contributed by atoms with Gasteiger partial charge in [0.05, 0.1) is 40.0 Å². The molecular formula is C26H28N2O5S3. The second-order valence-corrected chi connectivity index (χ2v) is 12.2. The van der Waals surface area contributed by atoms with E-state index in [0.29, 0.717) is 22.7 Å². The van der Waals surface area contributed by atoms with Crippen molar-refractivity contribution in [3.8, 4) is 27.8 Å². The molecule has 0 aliphatic heterocycles. The van der Waals surface area contributed by atoms with Gasteiger partial charge in [0.15, 0.2) is 9.84 Å². The number of pyridine rings is 1. The Morgan fingerprint density at radius 3 is 2.64 bits per heavy atom. The number of hydrogen-bond acceptors (Lipinski definition) is 9. The van der Waals surface area contributed by atoms with E-state index in [4.69, 9.17) is 9.47 Å². The average molecular weight is 545 g/mol. The zero-order valence-corrected chi connectivity index (χ0v) is 22.6. The first-order valence-corrected chi connectivity index (χ1v) is 15.1. The molecule has 0 bridgehead atoms. The number of nitriles is 1. The van der Waals surface area contributed by atoms with E-state index < -0.39 is 21.9 Å². The van der Waals surface area contributed by atoms with Gasteiger partial charge in [-0.25, -0.2) is 13.4 Å². The summed E-state index contributed by atoms with van der Waals surface area (Å²) in [5, 5.41) is 12.3. The Balaban J connectivity index is 1.81. The molecule has 0 N–H and O–H groups in total. The normalized spacial score (nSPS) is 12.1. The number of aromatic nitrogens is 1. The summed E-state index contributed by atoms with van der Waals surface area (Å²) >= 11 is 2.63. The largest absolute Gasteiger partial charge is 0.458 e. The summed E-state index contributed by atoms with van der Waals surface area (Å²) in [4.78, 5) is 18.3. The van der Waals surface area contributed by atoms with Gasteiger partial charge in [-0.05, 0) is 29.5 Å². The minimum Gasteiger partial charge on any atom is -0.458 e. The van der Waals surface area contributed by atoms with Gasteiger partial charge in [-0.2, -0.15) is 5.26 Å². The lowest BCUT2D eigenvalue weighted by atomic mass is 10.0. The fourth-order valence-electron chi connectivity index (χ4n) is 3.51. The van der Waals surface area contributed by atoms with Gasteiger partial charge >= 0.3 is 5.97 Å². The smallest absolute Gasteiger partial charge is 0.316 e. The number of carbonyl (C=O) groups is 1. The number of benzene rings is 1. The minimum absolute atomic E-state index is 0.0184. The van der Waals surface area contributed by atoms with Crippen molar-refractivity contribution < 1.29 is 22.7 Å². The van der Waals surface area contributed by atoms with Crippen LogP contribution in [0.1, 0.15) is 25.3 Å². The Morgan fingerprint density at radius 2 is 2.00 bits per heavy atom. The summed E-state index contributed by atoms with van der Waals surface area (Å²) in [7, 11) is -1.94. The molecule has 1 unspecified atom stereocenters. The molecular weight excluding hydrogens is 516 g/mol. The number of hydrogen-bond donors (Lipinski definition) is 0. The average Bonchev–Trinajstić information content (AvgIpc) is 3.41. The fourth-order valence-corrected chi connectivity index (χ4v) is 6.61. The molecule has 0 amide bonds. The molecule has 10 heteroatoms. The number of ether oxygens (including phenoxy) is 2. The molecule has 190 valence electrons. The summed E-state index contributed by atoms with van der Waals surface area (Å²) in [6.45, 7) is 1.90. The quantitative estimate of drug-likeness (QED) is 0.213. The van der Waals surface area contributed by atoms with Crippen molar-refractivity contribution in [1.29, 1.82) is 5.26 Å². The van der Waals surface area contributed by atoms with Gasteiger partial charge in [0, 0.05) is 12.7 Å². The second-order valence-electron chi connectivity index (χ2n) is 8.01. The number of nitrogens with zero attached hydrogens (tertiary/aromatic N) is 2. The van der Waals surface area contributed by atoms with Crippen LogP contribution in [0.15, 0.2) is 58.9 Å². The molecule has 3 aromatic rings. The number of thiophene rings is 1. The molecule has 0 aliphatic rings. The van der Waals surface area contributed by atoms with Crippen LogP contribution in [0, 0.1) is 11.3 Å². The lowest BCUT2D eigenvalue weighted by Gasteiger charge is -2.17. The van der Waals surface area contributed by atoms with Crippen molar-refractivity contribution in [2.45, 2.75) is 30.9 Å². The molecule has 1 aromatic carbocycles. The predicted octanol–water partition coefficient (Wildman–Crippen LogP) is 5.21. The summed E-state index contributed by atoms with van der Waals surface area (Å²) < 4.78 is 35.2. The summed E-state index contributed by atoms with van der Waals surface area (Å²) in [6, 6.07) is 17.5. The number of rotatable bonds is 13. The van der Waals surface area contributed by atoms with Gasteiger partial charge < -0.3 is 9.47 Å². The zero-order valence-electron chi connectivity index (χ0n) is 20.2. The number of thioether (sulfide) groups is 1.